The maximum atomic E-state index is 12.9. The Morgan fingerprint density at radius 2 is 0.527 bits per heavy atom. The second-order valence-corrected chi connectivity index (χ2v) is 20.9. The lowest BCUT2D eigenvalue weighted by Crippen LogP contribution is -2.30. The van der Waals surface area contributed by atoms with Crippen LogP contribution in [0.1, 0.15) is 310 Å². The molecule has 0 N–H and O–H groups in total. The summed E-state index contributed by atoms with van der Waals surface area (Å²) in [6.45, 7) is 6.52. The predicted molar refractivity (Wildman–Crippen MR) is 321 cm³/mol. The van der Waals surface area contributed by atoms with E-state index >= 15 is 0 Å². The maximum Gasteiger partial charge on any atom is 0.306 e. The zero-order chi connectivity index (χ0) is 53.6. The van der Waals surface area contributed by atoms with E-state index in [-0.39, 0.29) is 37.5 Å². The summed E-state index contributed by atoms with van der Waals surface area (Å²) in [5, 5.41) is 0. The average Bonchev–Trinajstić information content (AvgIpc) is 3.40. The summed E-state index contributed by atoms with van der Waals surface area (Å²) in [5.74, 6) is -0.925. The topological polar surface area (TPSA) is 78.9 Å². The van der Waals surface area contributed by atoms with E-state index in [0.29, 0.717) is 12.8 Å². The van der Waals surface area contributed by atoms with Gasteiger partial charge in [-0.15, -0.1) is 0 Å². The molecule has 6 heteroatoms. The molecule has 426 valence electrons. The minimum absolute atomic E-state index is 0.0928. The number of hydrogen-bond acceptors (Lipinski definition) is 6. The van der Waals surface area contributed by atoms with Crippen molar-refractivity contribution in [1.29, 1.82) is 0 Å². The normalized spacial score (nSPS) is 12.6. The van der Waals surface area contributed by atoms with Crippen molar-refractivity contribution < 1.29 is 28.6 Å². The molecule has 0 bridgehead atoms. The zero-order valence-corrected chi connectivity index (χ0v) is 48.8. The highest BCUT2D eigenvalue weighted by atomic mass is 16.6. The first kappa shape index (κ1) is 70.6. The fourth-order valence-corrected chi connectivity index (χ4v) is 8.87. The van der Waals surface area contributed by atoms with Gasteiger partial charge in [-0.2, -0.15) is 0 Å². The lowest BCUT2D eigenvalue weighted by Gasteiger charge is -2.18. The largest absolute Gasteiger partial charge is 0.462 e. The summed E-state index contributed by atoms with van der Waals surface area (Å²) in [5.41, 5.74) is 0. The summed E-state index contributed by atoms with van der Waals surface area (Å²) in [6.07, 6.45) is 81.5. The number of ether oxygens (including phenoxy) is 3. The van der Waals surface area contributed by atoms with Crippen LogP contribution in [0.2, 0.25) is 0 Å². The molecule has 0 heterocycles. The van der Waals surface area contributed by atoms with Crippen molar-refractivity contribution in [2.24, 2.45) is 0 Å². The first-order valence-corrected chi connectivity index (χ1v) is 31.6. The molecule has 0 fully saturated rings. The standard InChI is InChI=1S/C68H118O6/c1-4-7-10-13-16-19-22-25-28-31-33-34-36-37-40-43-46-49-52-55-58-61-67(70)73-64-65(63-72-66(69)60-57-54-51-48-45-42-39-30-27-24-21-18-15-12-9-6-3)74-68(71)62-59-56-53-50-47-44-41-38-35-32-29-26-23-20-17-14-11-8-5-2/h8,11,17,20,26,29-31,33,35,38-39,44,47,65H,4-7,9-10,12-16,18-19,21-25,27-28,32,34,36-37,40-43,45-46,48-64H2,1-3H3/b11-8-,20-17-,29-26-,33-31-,38-35-,39-30-,47-44-. The van der Waals surface area contributed by atoms with E-state index < -0.39 is 6.10 Å². The van der Waals surface area contributed by atoms with Gasteiger partial charge < -0.3 is 14.2 Å². The van der Waals surface area contributed by atoms with Crippen LogP contribution in [0.3, 0.4) is 0 Å². The van der Waals surface area contributed by atoms with Crippen molar-refractivity contribution in [3.05, 3.63) is 85.1 Å². The molecular weight excluding hydrogens is 913 g/mol. The van der Waals surface area contributed by atoms with Crippen molar-refractivity contribution in [3.63, 3.8) is 0 Å². The second kappa shape index (κ2) is 62.1. The molecule has 0 spiro atoms. The summed E-state index contributed by atoms with van der Waals surface area (Å²) < 4.78 is 16.9. The molecule has 0 aromatic carbocycles. The van der Waals surface area contributed by atoms with Crippen LogP contribution >= 0.6 is 0 Å². The number of carbonyl (C=O) groups is 3. The molecule has 0 saturated carbocycles. The monoisotopic (exact) mass is 1030 g/mol. The van der Waals surface area contributed by atoms with Gasteiger partial charge in [0.2, 0.25) is 0 Å². The van der Waals surface area contributed by atoms with Crippen molar-refractivity contribution in [1.82, 2.24) is 0 Å². The van der Waals surface area contributed by atoms with E-state index in [1.54, 1.807) is 0 Å². The number of esters is 3. The van der Waals surface area contributed by atoms with Gasteiger partial charge in [0.25, 0.3) is 0 Å². The molecule has 1 atom stereocenters. The molecule has 0 saturated heterocycles. The number of unbranched alkanes of at least 4 members (excludes halogenated alkanes) is 32. The Morgan fingerprint density at radius 3 is 0.851 bits per heavy atom. The molecule has 0 amide bonds. The minimum atomic E-state index is -0.800. The second-order valence-electron chi connectivity index (χ2n) is 20.9. The van der Waals surface area contributed by atoms with E-state index in [4.69, 9.17) is 14.2 Å². The highest BCUT2D eigenvalue weighted by Gasteiger charge is 2.19. The minimum Gasteiger partial charge on any atom is -0.462 e. The van der Waals surface area contributed by atoms with Crippen LogP contribution in [-0.2, 0) is 28.6 Å². The molecule has 0 aliphatic heterocycles. The summed E-state index contributed by atoms with van der Waals surface area (Å²) in [6, 6.07) is 0. The van der Waals surface area contributed by atoms with Gasteiger partial charge in [-0.05, 0) is 116 Å². The van der Waals surface area contributed by atoms with Crippen LogP contribution < -0.4 is 0 Å². The highest BCUT2D eigenvalue weighted by molar-refractivity contribution is 5.71. The first-order chi connectivity index (χ1) is 36.5. The number of hydrogen-bond donors (Lipinski definition) is 0. The van der Waals surface area contributed by atoms with Crippen LogP contribution in [0.4, 0.5) is 0 Å². The van der Waals surface area contributed by atoms with Crippen LogP contribution in [0.15, 0.2) is 85.1 Å². The Labute approximate surface area is 458 Å². The molecule has 1 unspecified atom stereocenters. The Balaban J connectivity index is 4.43. The smallest absolute Gasteiger partial charge is 0.306 e. The van der Waals surface area contributed by atoms with Gasteiger partial charge in [0.15, 0.2) is 6.10 Å². The Kier molecular flexibility index (Phi) is 59.3. The summed E-state index contributed by atoms with van der Waals surface area (Å²) in [7, 11) is 0. The SMILES string of the molecule is CC/C=C\C/C=C\C/C=C\C/C=C\C/C=C\CCCCCC(=O)OC(COC(=O)CCCCCCC/C=C\CCCCCCCCC)COC(=O)CCCCCCCCCCC/C=C\CCCCCCCCCC. The van der Waals surface area contributed by atoms with Crippen LogP contribution in [0, 0.1) is 0 Å². The van der Waals surface area contributed by atoms with E-state index in [1.165, 1.54) is 167 Å². The highest BCUT2D eigenvalue weighted by Crippen LogP contribution is 2.16. The Hall–Kier alpha value is -3.41. The van der Waals surface area contributed by atoms with Gasteiger partial charge in [0.05, 0.1) is 0 Å². The molecule has 0 aromatic rings. The van der Waals surface area contributed by atoms with Crippen LogP contribution in [0.5, 0.6) is 0 Å². The summed E-state index contributed by atoms with van der Waals surface area (Å²) >= 11 is 0. The first-order valence-electron chi connectivity index (χ1n) is 31.6. The zero-order valence-electron chi connectivity index (χ0n) is 48.8. The lowest BCUT2D eigenvalue weighted by molar-refractivity contribution is -0.167. The molecule has 0 rings (SSSR count). The third-order valence-electron chi connectivity index (χ3n) is 13.6. The molecule has 0 radical (unpaired) electrons. The van der Waals surface area contributed by atoms with Gasteiger partial charge >= 0.3 is 17.9 Å². The molecule has 0 aliphatic carbocycles. The van der Waals surface area contributed by atoms with Crippen molar-refractivity contribution in [3.8, 4) is 0 Å². The molecule has 74 heavy (non-hydrogen) atoms. The van der Waals surface area contributed by atoms with Gasteiger partial charge in [0, 0.05) is 19.3 Å². The molecule has 6 nitrogen and oxygen atoms in total. The lowest BCUT2D eigenvalue weighted by atomic mass is 10.1. The van der Waals surface area contributed by atoms with Crippen molar-refractivity contribution in [2.45, 2.75) is 316 Å². The predicted octanol–water partition coefficient (Wildman–Crippen LogP) is 21.5. The number of carbonyl (C=O) groups excluding carboxylic acids is 3. The van der Waals surface area contributed by atoms with Gasteiger partial charge in [-0.1, -0.05) is 260 Å². The van der Waals surface area contributed by atoms with Crippen molar-refractivity contribution >= 4 is 17.9 Å². The van der Waals surface area contributed by atoms with E-state index in [0.717, 1.165) is 103 Å². The number of rotatable bonds is 57. The average molecular weight is 1030 g/mol. The Bertz CT molecular complexity index is 1420. The fraction of sp³-hybridized carbons (Fsp3) is 0.750. The van der Waals surface area contributed by atoms with Crippen LogP contribution in [-0.4, -0.2) is 37.2 Å². The molecule has 0 aromatic heterocycles. The quantitative estimate of drug-likeness (QED) is 0.0261. The third-order valence-corrected chi connectivity index (χ3v) is 13.6. The Morgan fingerprint density at radius 1 is 0.284 bits per heavy atom. The van der Waals surface area contributed by atoms with Crippen LogP contribution in [0.25, 0.3) is 0 Å². The maximum absolute atomic E-state index is 12.9. The molecular formula is C68H118O6. The number of allylic oxidation sites excluding steroid dienone is 14. The van der Waals surface area contributed by atoms with E-state index in [9.17, 15) is 14.4 Å². The van der Waals surface area contributed by atoms with Gasteiger partial charge in [0.1, 0.15) is 13.2 Å². The van der Waals surface area contributed by atoms with Gasteiger partial charge in [-0.25, -0.2) is 0 Å². The fourth-order valence-electron chi connectivity index (χ4n) is 8.87. The van der Waals surface area contributed by atoms with Gasteiger partial charge in [-0.3, -0.25) is 14.4 Å². The summed E-state index contributed by atoms with van der Waals surface area (Å²) in [4.78, 5) is 38.3. The van der Waals surface area contributed by atoms with E-state index in [1.807, 2.05) is 0 Å². The third kappa shape index (κ3) is 59.5. The van der Waals surface area contributed by atoms with Crippen molar-refractivity contribution in [2.75, 3.05) is 13.2 Å². The molecule has 0 aliphatic rings. The van der Waals surface area contributed by atoms with E-state index in [2.05, 4.69) is 106 Å².